The first-order valence-electron chi connectivity index (χ1n) is 8.78. The first-order chi connectivity index (χ1) is 12.9. The highest BCUT2D eigenvalue weighted by Gasteiger charge is 2.35. The van der Waals surface area contributed by atoms with Gasteiger partial charge < -0.3 is 15.2 Å². The van der Waals surface area contributed by atoms with Crippen LogP contribution in [0.2, 0.25) is 0 Å². The summed E-state index contributed by atoms with van der Waals surface area (Å²) < 4.78 is 5.24. The number of nitro groups is 1. The summed E-state index contributed by atoms with van der Waals surface area (Å²) in [6.07, 6.45) is 2.16. The normalized spacial score (nSPS) is 18.5. The first-order valence-corrected chi connectivity index (χ1v) is 8.78. The van der Waals surface area contributed by atoms with Gasteiger partial charge in [0.25, 0.3) is 11.6 Å². The Morgan fingerprint density at radius 3 is 2.85 bits per heavy atom. The zero-order valence-corrected chi connectivity index (χ0v) is 15.3. The Morgan fingerprint density at radius 1 is 1.37 bits per heavy atom. The zero-order chi connectivity index (χ0) is 19.6. The van der Waals surface area contributed by atoms with Gasteiger partial charge in [0.1, 0.15) is 11.4 Å². The average Bonchev–Trinajstić information content (AvgIpc) is 2.66. The molecule has 0 saturated heterocycles. The number of benzene rings is 2. The van der Waals surface area contributed by atoms with Crippen molar-refractivity contribution in [3.05, 3.63) is 68.8 Å². The van der Waals surface area contributed by atoms with Gasteiger partial charge in [0.05, 0.1) is 18.6 Å². The van der Waals surface area contributed by atoms with Crippen LogP contribution in [0.1, 0.15) is 39.9 Å². The van der Waals surface area contributed by atoms with Gasteiger partial charge in [-0.25, -0.2) is 0 Å². The van der Waals surface area contributed by atoms with E-state index >= 15 is 0 Å². The molecular weight excluding hydrogens is 348 g/mol. The Morgan fingerprint density at radius 2 is 2.15 bits per heavy atom. The molecule has 0 aliphatic heterocycles. The van der Waals surface area contributed by atoms with Gasteiger partial charge in [0, 0.05) is 17.2 Å². The van der Waals surface area contributed by atoms with Crippen molar-refractivity contribution in [2.24, 2.45) is 0 Å². The maximum atomic E-state index is 12.6. The summed E-state index contributed by atoms with van der Waals surface area (Å²) >= 11 is 0. The number of fused-ring (bicyclic) bond motifs is 1. The number of aryl methyl sites for hydroxylation is 1. The van der Waals surface area contributed by atoms with E-state index in [0.29, 0.717) is 12.0 Å². The van der Waals surface area contributed by atoms with Crippen LogP contribution in [-0.2, 0) is 12.0 Å². The Hall–Kier alpha value is -2.93. The van der Waals surface area contributed by atoms with E-state index in [1.54, 1.807) is 26.2 Å². The standard InChI is InChI=1S/C20H22N2O5/c1-13-16(6-3-7-18(13)22(25)26)19(23)21-12-20(24)10-4-5-14-11-15(27-2)8-9-17(14)20/h3,6-9,11,24H,4-5,10,12H2,1-2H3,(H,21,23). The second-order valence-corrected chi connectivity index (χ2v) is 6.80. The number of carbonyl (C=O) groups excluding carboxylic acids is 1. The van der Waals surface area contributed by atoms with Gasteiger partial charge in [0.2, 0.25) is 0 Å². The maximum Gasteiger partial charge on any atom is 0.273 e. The lowest BCUT2D eigenvalue weighted by Crippen LogP contribution is -2.43. The molecule has 2 aromatic carbocycles. The van der Waals surface area contributed by atoms with Crippen LogP contribution in [0.3, 0.4) is 0 Å². The second-order valence-electron chi connectivity index (χ2n) is 6.80. The molecule has 1 amide bonds. The van der Waals surface area contributed by atoms with E-state index in [1.807, 2.05) is 12.1 Å². The van der Waals surface area contributed by atoms with Gasteiger partial charge in [-0.05, 0) is 55.5 Å². The van der Waals surface area contributed by atoms with E-state index in [0.717, 1.165) is 29.7 Å². The third-order valence-electron chi connectivity index (χ3n) is 5.14. The number of rotatable bonds is 5. The summed E-state index contributed by atoms with van der Waals surface area (Å²) in [6, 6.07) is 9.93. The molecule has 0 saturated carbocycles. The van der Waals surface area contributed by atoms with Crippen LogP contribution in [-0.4, -0.2) is 29.6 Å². The number of nitrogens with zero attached hydrogens (tertiary/aromatic N) is 1. The molecule has 1 aliphatic rings. The molecule has 0 fully saturated rings. The van der Waals surface area contributed by atoms with E-state index in [-0.39, 0.29) is 17.8 Å². The zero-order valence-electron chi connectivity index (χ0n) is 15.3. The van der Waals surface area contributed by atoms with Gasteiger partial charge in [-0.3, -0.25) is 14.9 Å². The Kier molecular flexibility index (Phi) is 5.14. The minimum Gasteiger partial charge on any atom is -0.497 e. The number of aliphatic hydroxyl groups is 1. The summed E-state index contributed by atoms with van der Waals surface area (Å²) in [5, 5.41) is 24.9. The van der Waals surface area contributed by atoms with Gasteiger partial charge in [0.15, 0.2) is 0 Å². The van der Waals surface area contributed by atoms with E-state index in [2.05, 4.69) is 5.32 Å². The SMILES string of the molecule is COc1ccc2c(c1)CCCC2(O)CNC(=O)c1cccc([N+](=O)[O-])c1C. The highest BCUT2D eigenvalue weighted by Crippen LogP contribution is 2.36. The van der Waals surface area contributed by atoms with E-state index < -0.39 is 16.4 Å². The molecule has 0 spiro atoms. The largest absolute Gasteiger partial charge is 0.497 e. The van der Waals surface area contributed by atoms with Crippen LogP contribution in [0.25, 0.3) is 0 Å². The Bertz CT molecular complexity index is 896. The molecule has 3 rings (SSSR count). The third-order valence-corrected chi connectivity index (χ3v) is 5.14. The highest BCUT2D eigenvalue weighted by molar-refractivity contribution is 5.96. The average molecular weight is 370 g/mol. The molecule has 1 aliphatic carbocycles. The molecule has 7 nitrogen and oxygen atoms in total. The fraction of sp³-hybridized carbons (Fsp3) is 0.350. The Labute approximate surface area is 157 Å². The molecule has 27 heavy (non-hydrogen) atoms. The van der Waals surface area contributed by atoms with Crippen molar-refractivity contribution in [3.63, 3.8) is 0 Å². The number of hydrogen-bond acceptors (Lipinski definition) is 5. The molecule has 0 heterocycles. The van der Waals surface area contributed by atoms with Gasteiger partial charge >= 0.3 is 0 Å². The summed E-state index contributed by atoms with van der Waals surface area (Å²) in [6.45, 7) is 1.58. The number of hydrogen-bond donors (Lipinski definition) is 2. The van der Waals surface area contributed by atoms with E-state index in [4.69, 9.17) is 4.74 Å². The number of methoxy groups -OCH3 is 1. The fourth-order valence-corrected chi connectivity index (χ4v) is 3.64. The van der Waals surface area contributed by atoms with Gasteiger partial charge in [-0.1, -0.05) is 12.1 Å². The van der Waals surface area contributed by atoms with E-state index in [9.17, 15) is 20.0 Å². The van der Waals surface area contributed by atoms with Crippen LogP contribution in [0, 0.1) is 17.0 Å². The van der Waals surface area contributed by atoms with Crippen molar-refractivity contribution in [1.82, 2.24) is 5.32 Å². The molecule has 2 N–H and O–H groups in total. The topological polar surface area (TPSA) is 102 Å². The molecule has 1 atom stereocenters. The molecule has 0 radical (unpaired) electrons. The molecule has 2 aromatic rings. The molecule has 0 bridgehead atoms. The van der Waals surface area contributed by atoms with Crippen molar-refractivity contribution < 1.29 is 19.6 Å². The number of nitrogens with one attached hydrogen (secondary N) is 1. The second kappa shape index (κ2) is 7.36. The Balaban J connectivity index is 1.81. The van der Waals surface area contributed by atoms with Crippen LogP contribution in [0.5, 0.6) is 5.75 Å². The minimum absolute atomic E-state index is 0.0350. The third kappa shape index (κ3) is 3.64. The van der Waals surface area contributed by atoms with Crippen molar-refractivity contribution >= 4 is 11.6 Å². The monoisotopic (exact) mass is 370 g/mol. The smallest absolute Gasteiger partial charge is 0.273 e. The predicted octanol–water partition coefficient (Wildman–Crippen LogP) is 2.87. The fourth-order valence-electron chi connectivity index (χ4n) is 3.64. The lowest BCUT2D eigenvalue weighted by atomic mass is 9.79. The lowest BCUT2D eigenvalue weighted by molar-refractivity contribution is -0.385. The minimum atomic E-state index is -1.18. The maximum absolute atomic E-state index is 12.6. The van der Waals surface area contributed by atoms with Crippen LogP contribution < -0.4 is 10.1 Å². The van der Waals surface area contributed by atoms with E-state index in [1.165, 1.54) is 12.1 Å². The summed E-state index contributed by atoms with van der Waals surface area (Å²) in [5.41, 5.74) is 1.05. The van der Waals surface area contributed by atoms with Gasteiger partial charge in [-0.2, -0.15) is 0 Å². The molecular formula is C20H22N2O5. The highest BCUT2D eigenvalue weighted by atomic mass is 16.6. The predicted molar refractivity (Wildman–Crippen MR) is 100.0 cm³/mol. The number of amides is 1. The van der Waals surface area contributed by atoms with Crippen LogP contribution in [0.4, 0.5) is 5.69 Å². The van der Waals surface area contributed by atoms with Crippen LogP contribution in [0.15, 0.2) is 36.4 Å². The first kappa shape index (κ1) is 18.8. The van der Waals surface area contributed by atoms with Crippen molar-refractivity contribution in [2.75, 3.05) is 13.7 Å². The summed E-state index contributed by atoms with van der Waals surface area (Å²) in [4.78, 5) is 23.1. The molecule has 7 heteroatoms. The quantitative estimate of drug-likeness (QED) is 0.622. The molecule has 1 unspecified atom stereocenters. The number of ether oxygens (including phenoxy) is 1. The number of nitro benzene ring substituents is 1. The van der Waals surface area contributed by atoms with Gasteiger partial charge in [-0.15, -0.1) is 0 Å². The summed E-state index contributed by atoms with van der Waals surface area (Å²) in [7, 11) is 1.60. The van der Waals surface area contributed by atoms with Crippen molar-refractivity contribution in [3.8, 4) is 5.75 Å². The summed E-state index contributed by atoms with van der Waals surface area (Å²) in [5.74, 6) is 0.291. The van der Waals surface area contributed by atoms with Crippen molar-refractivity contribution in [1.29, 1.82) is 0 Å². The van der Waals surface area contributed by atoms with Crippen LogP contribution >= 0.6 is 0 Å². The molecule has 0 aromatic heterocycles. The lowest BCUT2D eigenvalue weighted by Gasteiger charge is -2.35. The number of carbonyl (C=O) groups is 1. The van der Waals surface area contributed by atoms with Crippen molar-refractivity contribution in [2.45, 2.75) is 31.8 Å². The molecule has 142 valence electrons.